The van der Waals surface area contributed by atoms with Crippen molar-refractivity contribution in [2.45, 2.75) is 0 Å². The number of rotatable bonds is 6. The quantitative estimate of drug-likeness (QED) is 0.657. The smallest absolute Gasteiger partial charge is 0.339 e. The van der Waals surface area contributed by atoms with E-state index in [0.29, 0.717) is 22.1 Å². The van der Waals surface area contributed by atoms with Gasteiger partial charge in [-0.2, -0.15) is 0 Å². The van der Waals surface area contributed by atoms with Crippen molar-refractivity contribution in [2.75, 3.05) is 38.0 Å². The van der Waals surface area contributed by atoms with Gasteiger partial charge in [-0.15, -0.1) is 0 Å². The SMILES string of the molecule is COC(=O)c1ccccc1NC(=O)CN(C)c1nc2c(OC)cccc2s1. The number of amides is 1. The molecule has 0 saturated heterocycles. The number of methoxy groups -OCH3 is 2. The van der Waals surface area contributed by atoms with Crippen LogP contribution in [-0.4, -0.2) is 44.7 Å². The standard InChI is InChI=1S/C19H19N3O4S/c1-22(19-21-17-14(25-2)9-6-10-15(17)27-19)11-16(23)20-13-8-5-4-7-12(13)18(24)26-3/h4-10H,11H2,1-3H3,(H,20,23). The van der Waals surface area contributed by atoms with Crippen molar-refractivity contribution < 1.29 is 19.1 Å². The van der Waals surface area contributed by atoms with Crippen LogP contribution >= 0.6 is 11.3 Å². The number of carbonyl (C=O) groups excluding carboxylic acids is 2. The average Bonchev–Trinajstić information content (AvgIpc) is 3.12. The zero-order chi connectivity index (χ0) is 19.4. The summed E-state index contributed by atoms with van der Waals surface area (Å²) in [5, 5.41) is 3.45. The van der Waals surface area contributed by atoms with Gasteiger partial charge >= 0.3 is 5.97 Å². The van der Waals surface area contributed by atoms with Crippen molar-refractivity contribution >= 4 is 44.2 Å². The fraction of sp³-hybridized carbons (Fsp3) is 0.211. The Balaban J connectivity index is 1.74. The maximum absolute atomic E-state index is 12.4. The van der Waals surface area contributed by atoms with Crippen LogP contribution in [0.3, 0.4) is 0 Å². The molecule has 0 aliphatic rings. The van der Waals surface area contributed by atoms with Crippen LogP contribution in [0, 0.1) is 0 Å². The Morgan fingerprint density at radius 1 is 1.15 bits per heavy atom. The lowest BCUT2D eigenvalue weighted by molar-refractivity contribution is -0.114. The van der Waals surface area contributed by atoms with Gasteiger partial charge in [0.2, 0.25) is 5.91 Å². The Kier molecular flexibility index (Phi) is 5.56. The van der Waals surface area contributed by atoms with Crippen LogP contribution in [0.1, 0.15) is 10.4 Å². The van der Waals surface area contributed by atoms with Gasteiger partial charge in [0.15, 0.2) is 5.13 Å². The summed E-state index contributed by atoms with van der Waals surface area (Å²) in [6, 6.07) is 12.4. The Labute approximate surface area is 160 Å². The van der Waals surface area contributed by atoms with Crippen LogP contribution in [0.5, 0.6) is 5.75 Å². The van der Waals surface area contributed by atoms with Gasteiger partial charge in [-0.3, -0.25) is 4.79 Å². The molecule has 3 aromatic rings. The van der Waals surface area contributed by atoms with E-state index in [1.165, 1.54) is 18.4 Å². The first-order valence-electron chi connectivity index (χ1n) is 8.15. The topological polar surface area (TPSA) is 80.8 Å². The zero-order valence-electron chi connectivity index (χ0n) is 15.2. The molecular weight excluding hydrogens is 366 g/mol. The molecule has 0 spiro atoms. The van der Waals surface area contributed by atoms with Gasteiger partial charge in [-0.05, 0) is 24.3 Å². The van der Waals surface area contributed by atoms with E-state index in [-0.39, 0.29) is 12.5 Å². The largest absolute Gasteiger partial charge is 0.494 e. The third kappa shape index (κ3) is 4.01. The first-order chi connectivity index (χ1) is 13.0. The molecule has 0 aliphatic carbocycles. The molecule has 8 heteroatoms. The maximum Gasteiger partial charge on any atom is 0.339 e. The molecular formula is C19H19N3O4S. The third-order valence-corrected chi connectivity index (χ3v) is 5.04. The number of aromatic nitrogens is 1. The molecule has 0 saturated carbocycles. The summed E-state index contributed by atoms with van der Waals surface area (Å²) < 4.78 is 11.1. The van der Waals surface area contributed by atoms with Gasteiger partial charge in [0, 0.05) is 7.05 Å². The van der Waals surface area contributed by atoms with Crippen molar-refractivity contribution in [3.8, 4) is 5.75 Å². The zero-order valence-corrected chi connectivity index (χ0v) is 16.0. The number of hydrogen-bond acceptors (Lipinski definition) is 7. The highest BCUT2D eigenvalue weighted by molar-refractivity contribution is 7.22. The highest BCUT2D eigenvalue weighted by Crippen LogP contribution is 2.33. The average molecular weight is 385 g/mol. The molecule has 0 aliphatic heterocycles. The minimum atomic E-state index is -0.502. The molecule has 1 aromatic heterocycles. The fourth-order valence-electron chi connectivity index (χ4n) is 2.59. The number of benzene rings is 2. The van der Waals surface area contributed by atoms with Crippen LogP contribution in [0.2, 0.25) is 0 Å². The molecule has 2 aromatic carbocycles. The molecule has 7 nitrogen and oxygen atoms in total. The van der Waals surface area contributed by atoms with Crippen LogP contribution in [0.15, 0.2) is 42.5 Å². The molecule has 3 rings (SSSR count). The second-order valence-corrected chi connectivity index (χ2v) is 6.75. The minimum Gasteiger partial charge on any atom is -0.494 e. The summed E-state index contributed by atoms with van der Waals surface area (Å²) in [6.45, 7) is 0.0810. The number of nitrogens with one attached hydrogen (secondary N) is 1. The van der Waals surface area contributed by atoms with Crippen LogP contribution in [-0.2, 0) is 9.53 Å². The van der Waals surface area contributed by atoms with Gasteiger partial charge in [-0.25, -0.2) is 9.78 Å². The van der Waals surface area contributed by atoms with Gasteiger partial charge in [0.1, 0.15) is 11.3 Å². The number of nitrogens with zero attached hydrogens (tertiary/aromatic N) is 2. The Morgan fingerprint density at radius 3 is 2.67 bits per heavy atom. The normalized spacial score (nSPS) is 10.5. The van der Waals surface area contributed by atoms with Gasteiger partial charge < -0.3 is 19.7 Å². The molecule has 0 unspecified atom stereocenters. The van der Waals surface area contributed by atoms with E-state index >= 15 is 0 Å². The number of fused-ring (bicyclic) bond motifs is 1. The van der Waals surface area contributed by atoms with E-state index in [1.807, 2.05) is 18.2 Å². The van der Waals surface area contributed by atoms with Crippen LogP contribution in [0.25, 0.3) is 10.2 Å². The predicted molar refractivity (Wildman–Crippen MR) is 106 cm³/mol. The number of anilines is 2. The lowest BCUT2D eigenvalue weighted by Gasteiger charge is -2.16. The van der Waals surface area contributed by atoms with Gasteiger partial charge in [-0.1, -0.05) is 29.5 Å². The summed E-state index contributed by atoms with van der Waals surface area (Å²) in [5.41, 5.74) is 1.48. The van der Waals surface area contributed by atoms with E-state index < -0.39 is 5.97 Å². The molecule has 1 heterocycles. The summed E-state index contributed by atoms with van der Waals surface area (Å²) in [5.74, 6) is -0.0718. The Bertz CT molecular complexity index is 986. The molecule has 0 fully saturated rings. The highest BCUT2D eigenvalue weighted by Gasteiger charge is 2.17. The number of thiazole rings is 1. The Morgan fingerprint density at radius 2 is 1.93 bits per heavy atom. The molecule has 27 heavy (non-hydrogen) atoms. The second-order valence-electron chi connectivity index (χ2n) is 5.74. The lowest BCUT2D eigenvalue weighted by atomic mass is 10.2. The van der Waals surface area contributed by atoms with E-state index in [9.17, 15) is 9.59 Å². The van der Waals surface area contributed by atoms with E-state index in [4.69, 9.17) is 9.47 Å². The molecule has 1 amide bonds. The summed E-state index contributed by atoms with van der Waals surface area (Å²) in [6.07, 6.45) is 0. The number of likely N-dealkylation sites (N-methyl/N-ethyl adjacent to an activating group) is 1. The van der Waals surface area contributed by atoms with E-state index in [2.05, 4.69) is 10.3 Å². The molecule has 0 atom stereocenters. The fourth-order valence-corrected chi connectivity index (χ4v) is 3.54. The summed E-state index contributed by atoms with van der Waals surface area (Å²) in [7, 11) is 4.69. The molecule has 0 radical (unpaired) electrons. The number of esters is 1. The van der Waals surface area contributed by atoms with Crippen molar-refractivity contribution in [1.29, 1.82) is 0 Å². The first kappa shape index (κ1) is 18.7. The molecule has 140 valence electrons. The number of para-hydroxylation sites is 2. The van der Waals surface area contributed by atoms with E-state index in [0.717, 1.165) is 10.2 Å². The highest BCUT2D eigenvalue weighted by atomic mass is 32.1. The van der Waals surface area contributed by atoms with Crippen molar-refractivity contribution in [2.24, 2.45) is 0 Å². The van der Waals surface area contributed by atoms with Crippen molar-refractivity contribution in [3.63, 3.8) is 0 Å². The molecule has 1 N–H and O–H groups in total. The van der Waals surface area contributed by atoms with Crippen molar-refractivity contribution in [3.05, 3.63) is 48.0 Å². The Hall–Kier alpha value is -3.13. The number of ether oxygens (including phenoxy) is 2. The summed E-state index contributed by atoms with van der Waals surface area (Å²) in [4.78, 5) is 30.6. The van der Waals surface area contributed by atoms with Crippen LogP contribution < -0.4 is 15.0 Å². The minimum absolute atomic E-state index is 0.0810. The predicted octanol–water partition coefficient (Wildman–Crippen LogP) is 3.17. The van der Waals surface area contributed by atoms with Crippen molar-refractivity contribution in [1.82, 2.24) is 4.98 Å². The van der Waals surface area contributed by atoms with Gasteiger partial charge in [0.05, 0.1) is 36.7 Å². The third-order valence-electron chi connectivity index (χ3n) is 3.90. The second kappa shape index (κ2) is 8.05. The monoisotopic (exact) mass is 385 g/mol. The number of carbonyl (C=O) groups is 2. The maximum atomic E-state index is 12.4. The van der Waals surface area contributed by atoms with Crippen LogP contribution in [0.4, 0.5) is 10.8 Å². The van der Waals surface area contributed by atoms with Gasteiger partial charge in [0.25, 0.3) is 0 Å². The first-order valence-corrected chi connectivity index (χ1v) is 8.97. The summed E-state index contributed by atoms with van der Waals surface area (Å²) >= 11 is 1.48. The lowest BCUT2D eigenvalue weighted by Crippen LogP contribution is -2.30. The molecule has 0 bridgehead atoms. The van der Waals surface area contributed by atoms with E-state index in [1.54, 1.807) is 43.3 Å². The number of hydrogen-bond donors (Lipinski definition) is 1.